The Morgan fingerprint density at radius 1 is 1.35 bits per heavy atom. The van der Waals surface area contributed by atoms with E-state index in [4.69, 9.17) is 16.3 Å². The van der Waals surface area contributed by atoms with Crippen LogP contribution < -0.4 is 10.6 Å². The standard InChI is InChI=1S/C15H18ClN3O4/c16-12-7-10(3-4-13(12)19(21)22)17-15(20)18-11-5-6-23-14(8-11)9-1-2-9/h3-4,7,9,11,14H,1-2,5-6,8H2,(H2,17,18,20)/t11-,14-/m0/s1. The summed E-state index contributed by atoms with van der Waals surface area (Å²) < 4.78 is 5.73. The molecule has 2 atom stereocenters. The normalized spacial score (nSPS) is 24.0. The highest BCUT2D eigenvalue weighted by molar-refractivity contribution is 6.33. The van der Waals surface area contributed by atoms with E-state index in [0.717, 1.165) is 12.8 Å². The molecule has 1 aromatic carbocycles. The number of halogens is 1. The van der Waals surface area contributed by atoms with E-state index in [-0.39, 0.29) is 28.9 Å². The predicted molar refractivity (Wildman–Crippen MR) is 85.7 cm³/mol. The van der Waals surface area contributed by atoms with Crippen molar-refractivity contribution < 1.29 is 14.5 Å². The van der Waals surface area contributed by atoms with Crippen LogP contribution in [0.1, 0.15) is 25.7 Å². The van der Waals surface area contributed by atoms with Gasteiger partial charge in [0.15, 0.2) is 0 Å². The number of anilines is 1. The van der Waals surface area contributed by atoms with Crippen molar-refractivity contribution in [2.75, 3.05) is 11.9 Å². The summed E-state index contributed by atoms with van der Waals surface area (Å²) in [7, 11) is 0. The maximum atomic E-state index is 12.1. The molecule has 8 heteroatoms. The van der Waals surface area contributed by atoms with E-state index in [1.54, 1.807) is 0 Å². The molecule has 1 aliphatic heterocycles. The van der Waals surface area contributed by atoms with Gasteiger partial charge in [-0.05, 0) is 43.7 Å². The number of nitro groups is 1. The fourth-order valence-electron chi connectivity index (χ4n) is 2.84. The summed E-state index contributed by atoms with van der Waals surface area (Å²) in [5.74, 6) is 0.649. The molecular formula is C15H18ClN3O4. The Morgan fingerprint density at radius 3 is 2.78 bits per heavy atom. The molecule has 3 rings (SSSR count). The molecule has 2 aliphatic rings. The number of urea groups is 1. The van der Waals surface area contributed by atoms with Crippen LogP contribution in [0.5, 0.6) is 0 Å². The van der Waals surface area contributed by atoms with E-state index in [1.165, 1.54) is 31.0 Å². The third-order valence-electron chi connectivity index (χ3n) is 4.20. The van der Waals surface area contributed by atoms with Crippen molar-refractivity contribution in [1.82, 2.24) is 5.32 Å². The van der Waals surface area contributed by atoms with Crippen LogP contribution in [0.25, 0.3) is 0 Å². The van der Waals surface area contributed by atoms with Crippen molar-refractivity contribution in [3.8, 4) is 0 Å². The Kier molecular flexibility index (Phi) is 4.68. The lowest BCUT2D eigenvalue weighted by Gasteiger charge is -2.30. The third kappa shape index (κ3) is 4.11. The van der Waals surface area contributed by atoms with Gasteiger partial charge in [-0.2, -0.15) is 0 Å². The van der Waals surface area contributed by atoms with Gasteiger partial charge >= 0.3 is 6.03 Å². The number of amides is 2. The number of nitro benzene ring substituents is 1. The zero-order chi connectivity index (χ0) is 16.4. The number of hydrogen-bond donors (Lipinski definition) is 2. The number of nitrogens with zero attached hydrogens (tertiary/aromatic N) is 1. The largest absolute Gasteiger partial charge is 0.378 e. The fourth-order valence-corrected chi connectivity index (χ4v) is 3.09. The first kappa shape index (κ1) is 16.0. The number of ether oxygens (including phenoxy) is 1. The van der Waals surface area contributed by atoms with Crippen LogP contribution in [0.4, 0.5) is 16.2 Å². The molecule has 1 saturated carbocycles. The molecule has 0 bridgehead atoms. The quantitative estimate of drug-likeness (QED) is 0.650. The van der Waals surface area contributed by atoms with E-state index in [2.05, 4.69) is 10.6 Å². The van der Waals surface area contributed by atoms with Gasteiger partial charge in [-0.1, -0.05) is 11.6 Å². The first-order chi connectivity index (χ1) is 11.0. The highest BCUT2D eigenvalue weighted by atomic mass is 35.5. The van der Waals surface area contributed by atoms with Crippen LogP contribution in [-0.4, -0.2) is 29.7 Å². The van der Waals surface area contributed by atoms with Crippen LogP contribution >= 0.6 is 11.6 Å². The van der Waals surface area contributed by atoms with Crippen LogP contribution in [0.2, 0.25) is 5.02 Å². The molecular weight excluding hydrogens is 322 g/mol. The second-order valence-electron chi connectivity index (χ2n) is 5.99. The van der Waals surface area contributed by atoms with E-state index >= 15 is 0 Å². The summed E-state index contributed by atoms with van der Waals surface area (Å²) >= 11 is 5.83. The van der Waals surface area contributed by atoms with Gasteiger partial charge in [0.05, 0.1) is 11.0 Å². The maximum Gasteiger partial charge on any atom is 0.319 e. The second-order valence-corrected chi connectivity index (χ2v) is 6.40. The van der Waals surface area contributed by atoms with E-state index in [0.29, 0.717) is 18.2 Å². The third-order valence-corrected chi connectivity index (χ3v) is 4.50. The molecule has 124 valence electrons. The minimum absolute atomic E-state index is 0.00679. The number of carbonyl (C=O) groups is 1. The van der Waals surface area contributed by atoms with Crippen LogP contribution in [0, 0.1) is 16.0 Å². The van der Waals surface area contributed by atoms with E-state index < -0.39 is 4.92 Å². The van der Waals surface area contributed by atoms with Gasteiger partial charge < -0.3 is 15.4 Å². The minimum atomic E-state index is -0.563. The van der Waals surface area contributed by atoms with Gasteiger partial charge in [0.25, 0.3) is 5.69 Å². The molecule has 23 heavy (non-hydrogen) atoms. The highest BCUT2D eigenvalue weighted by Crippen LogP contribution is 2.38. The molecule has 1 aromatic rings. The van der Waals surface area contributed by atoms with Gasteiger partial charge in [-0.15, -0.1) is 0 Å². The Hall–Kier alpha value is -1.86. The lowest BCUT2D eigenvalue weighted by atomic mass is 10.0. The number of benzene rings is 1. The van der Waals surface area contributed by atoms with Crippen LogP contribution in [0.15, 0.2) is 18.2 Å². The SMILES string of the molecule is O=C(Nc1ccc([N+](=O)[O-])c(Cl)c1)N[C@H]1CCO[C@H](C2CC2)C1. The molecule has 1 saturated heterocycles. The molecule has 0 aromatic heterocycles. The molecule has 0 unspecified atom stereocenters. The van der Waals surface area contributed by atoms with Gasteiger partial charge in [-0.3, -0.25) is 10.1 Å². The predicted octanol–water partition coefficient (Wildman–Crippen LogP) is 3.33. The summed E-state index contributed by atoms with van der Waals surface area (Å²) in [6.45, 7) is 0.662. The Morgan fingerprint density at radius 2 is 2.13 bits per heavy atom. The monoisotopic (exact) mass is 339 g/mol. The fraction of sp³-hybridized carbons (Fsp3) is 0.533. The van der Waals surface area contributed by atoms with Gasteiger partial charge in [0.1, 0.15) is 5.02 Å². The second kappa shape index (κ2) is 6.72. The summed E-state index contributed by atoms with van der Waals surface area (Å²) in [5.41, 5.74) is 0.234. The minimum Gasteiger partial charge on any atom is -0.378 e. The zero-order valence-corrected chi connectivity index (χ0v) is 13.2. The van der Waals surface area contributed by atoms with Gasteiger partial charge in [-0.25, -0.2) is 4.79 Å². The number of nitrogens with one attached hydrogen (secondary N) is 2. The number of carbonyl (C=O) groups excluding carboxylic acids is 1. The van der Waals surface area contributed by atoms with E-state index in [1.807, 2.05) is 0 Å². The summed E-state index contributed by atoms with van der Waals surface area (Å²) in [6, 6.07) is 3.85. The van der Waals surface area contributed by atoms with Crippen molar-refractivity contribution in [1.29, 1.82) is 0 Å². The highest BCUT2D eigenvalue weighted by Gasteiger charge is 2.36. The average Bonchev–Trinajstić information content (AvgIpc) is 3.31. The maximum absolute atomic E-state index is 12.1. The first-order valence-corrected chi connectivity index (χ1v) is 8.04. The molecule has 0 radical (unpaired) electrons. The van der Waals surface area contributed by atoms with Crippen molar-refractivity contribution in [3.05, 3.63) is 33.3 Å². The van der Waals surface area contributed by atoms with Crippen LogP contribution in [0.3, 0.4) is 0 Å². The molecule has 2 fully saturated rings. The molecule has 2 N–H and O–H groups in total. The van der Waals surface area contributed by atoms with Gasteiger partial charge in [0, 0.05) is 24.4 Å². The summed E-state index contributed by atoms with van der Waals surface area (Å²) in [6.07, 6.45) is 4.30. The molecule has 0 spiro atoms. The smallest absolute Gasteiger partial charge is 0.319 e. The van der Waals surface area contributed by atoms with Crippen molar-refractivity contribution in [3.63, 3.8) is 0 Å². The van der Waals surface area contributed by atoms with E-state index in [9.17, 15) is 14.9 Å². The first-order valence-electron chi connectivity index (χ1n) is 7.66. The molecule has 7 nitrogen and oxygen atoms in total. The summed E-state index contributed by atoms with van der Waals surface area (Å²) in [5, 5.41) is 16.3. The molecule has 1 heterocycles. The van der Waals surface area contributed by atoms with Crippen molar-refractivity contribution in [2.45, 2.75) is 37.8 Å². The van der Waals surface area contributed by atoms with Crippen molar-refractivity contribution in [2.24, 2.45) is 5.92 Å². The lowest BCUT2D eigenvalue weighted by Crippen LogP contribution is -2.44. The Labute approximate surface area is 138 Å². The average molecular weight is 340 g/mol. The molecule has 2 amide bonds. The number of rotatable bonds is 4. The Balaban J connectivity index is 1.54. The van der Waals surface area contributed by atoms with Crippen LogP contribution in [-0.2, 0) is 4.74 Å². The zero-order valence-electron chi connectivity index (χ0n) is 12.5. The number of hydrogen-bond acceptors (Lipinski definition) is 4. The summed E-state index contributed by atoms with van der Waals surface area (Å²) in [4.78, 5) is 22.2. The van der Waals surface area contributed by atoms with Crippen molar-refractivity contribution >= 4 is 29.0 Å². The molecule has 1 aliphatic carbocycles. The topological polar surface area (TPSA) is 93.5 Å². The van der Waals surface area contributed by atoms with Gasteiger partial charge in [0.2, 0.25) is 0 Å². The Bertz CT molecular complexity index is 621. The lowest BCUT2D eigenvalue weighted by molar-refractivity contribution is -0.384.